The van der Waals surface area contributed by atoms with Crippen molar-refractivity contribution in [2.24, 2.45) is 0 Å². The molecule has 0 unspecified atom stereocenters. The van der Waals surface area contributed by atoms with Crippen LogP contribution in [0.25, 0.3) is 6.08 Å². The number of benzene rings is 1. The van der Waals surface area contributed by atoms with Gasteiger partial charge in [-0.05, 0) is 36.6 Å². The average molecular weight is 254 g/mol. The minimum atomic E-state index is -0.449. The minimum Gasteiger partial charge on any atom is -0.339 e. The summed E-state index contributed by atoms with van der Waals surface area (Å²) in [4.78, 5) is 13.5. The van der Waals surface area contributed by atoms with E-state index in [1.807, 2.05) is 4.90 Å². The number of carbonyl (C=O) groups is 1. The molecule has 0 spiro atoms. The fraction of sp³-hybridized carbons (Fsp3) is 0.308. The standard InChI is InChI=1S/C13H13ClFNO/c14-11-9-10(3-5-12(11)15)4-6-13(17)16-7-1-2-8-16/h3-6,9H,1-2,7-8H2/b6-4-. The Kier molecular flexibility index (Phi) is 3.79. The lowest BCUT2D eigenvalue weighted by atomic mass is 10.2. The number of rotatable bonds is 2. The van der Waals surface area contributed by atoms with Gasteiger partial charge in [0.25, 0.3) is 0 Å². The molecule has 0 N–H and O–H groups in total. The van der Waals surface area contributed by atoms with Crippen LogP contribution < -0.4 is 0 Å². The maximum Gasteiger partial charge on any atom is 0.246 e. The van der Waals surface area contributed by atoms with Crippen LogP contribution in [0.15, 0.2) is 24.3 Å². The van der Waals surface area contributed by atoms with Crippen LogP contribution in [0.2, 0.25) is 5.02 Å². The zero-order valence-electron chi connectivity index (χ0n) is 9.33. The monoisotopic (exact) mass is 253 g/mol. The molecule has 0 radical (unpaired) electrons. The summed E-state index contributed by atoms with van der Waals surface area (Å²) in [5.41, 5.74) is 0.726. The van der Waals surface area contributed by atoms with Crippen LogP contribution >= 0.6 is 11.6 Å². The molecule has 1 fully saturated rings. The van der Waals surface area contributed by atoms with Crippen LogP contribution in [0.4, 0.5) is 4.39 Å². The predicted molar refractivity (Wildman–Crippen MR) is 66.3 cm³/mol. The molecule has 2 rings (SSSR count). The molecule has 1 aromatic rings. The molecule has 0 atom stereocenters. The molecule has 0 aliphatic carbocycles. The van der Waals surface area contributed by atoms with Crippen molar-refractivity contribution in [2.45, 2.75) is 12.8 Å². The van der Waals surface area contributed by atoms with E-state index in [1.54, 1.807) is 12.1 Å². The summed E-state index contributed by atoms with van der Waals surface area (Å²) in [5.74, 6) is -0.447. The van der Waals surface area contributed by atoms with E-state index in [0.29, 0.717) is 0 Å². The molecule has 90 valence electrons. The Hall–Kier alpha value is -1.35. The molecule has 1 aromatic carbocycles. The van der Waals surface area contributed by atoms with Crippen LogP contribution in [0, 0.1) is 5.82 Å². The first-order valence-electron chi connectivity index (χ1n) is 5.59. The molecular formula is C13H13ClFNO. The number of nitrogens with zero attached hydrogens (tertiary/aromatic N) is 1. The predicted octanol–water partition coefficient (Wildman–Crippen LogP) is 3.11. The lowest BCUT2D eigenvalue weighted by Gasteiger charge is -2.11. The van der Waals surface area contributed by atoms with E-state index >= 15 is 0 Å². The van der Waals surface area contributed by atoms with Gasteiger partial charge in [-0.2, -0.15) is 0 Å². The summed E-state index contributed by atoms with van der Waals surface area (Å²) in [7, 11) is 0. The van der Waals surface area contributed by atoms with Crippen LogP contribution in [0.3, 0.4) is 0 Å². The third-order valence-electron chi connectivity index (χ3n) is 2.78. The smallest absolute Gasteiger partial charge is 0.246 e. The van der Waals surface area contributed by atoms with Crippen LogP contribution in [-0.4, -0.2) is 23.9 Å². The van der Waals surface area contributed by atoms with E-state index in [9.17, 15) is 9.18 Å². The van der Waals surface area contributed by atoms with E-state index in [4.69, 9.17) is 11.6 Å². The Morgan fingerprint density at radius 2 is 2.06 bits per heavy atom. The zero-order chi connectivity index (χ0) is 12.3. The Morgan fingerprint density at radius 3 is 2.71 bits per heavy atom. The second kappa shape index (κ2) is 5.32. The Morgan fingerprint density at radius 1 is 1.35 bits per heavy atom. The summed E-state index contributed by atoms with van der Waals surface area (Å²) in [5, 5.41) is 0.0702. The maximum absolute atomic E-state index is 12.9. The topological polar surface area (TPSA) is 20.3 Å². The number of likely N-dealkylation sites (tertiary alicyclic amines) is 1. The summed E-state index contributed by atoms with van der Waals surface area (Å²) in [6.45, 7) is 1.65. The van der Waals surface area contributed by atoms with E-state index in [-0.39, 0.29) is 10.9 Å². The molecule has 0 aromatic heterocycles. The number of carbonyl (C=O) groups excluding carboxylic acids is 1. The SMILES string of the molecule is O=C(/C=C\c1ccc(F)c(Cl)c1)N1CCCC1. The number of hydrogen-bond donors (Lipinski definition) is 0. The van der Waals surface area contributed by atoms with Crippen molar-refractivity contribution in [3.63, 3.8) is 0 Å². The van der Waals surface area contributed by atoms with Crippen molar-refractivity contribution >= 4 is 23.6 Å². The van der Waals surface area contributed by atoms with E-state index in [1.165, 1.54) is 18.2 Å². The van der Waals surface area contributed by atoms with Gasteiger partial charge in [-0.1, -0.05) is 17.7 Å². The lowest BCUT2D eigenvalue weighted by Crippen LogP contribution is -2.25. The van der Waals surface area contributed by atoms with Gasteiger partial charge in [-0.15, -0.1) is 0 Å². The van der Waals surface area contributed by atoms with Gasteiger partial charge in [-0.25, -0.2) is 4.39 Å². The summed E-state index contributed by atoms with van der Waals surface area (Å²) in [6, 6.07) is 4.39. The van der Waals surface area contributed by atoms with Crippen molar-refractivity contribution in [1.82, 2.24) is 4.90 Å². The first kappa shape index (κ1) is 12.1. The van der Waals surface area contributed by atoms with Gasteiger partial charge >= 0.3 is 0 Å². The van der Waals surface area contributed by atoms with Gasteiger partial charge in [0, 0.05) is 19.2 Å². The highest BCUT2D eigenvalue weighted by atomic mass is 35.5. The van der Waals surface area contributed by atoms with Gasteiger partial charge in [0.05, 0.1) is 5.02 Å². The van der Waals surface area contributed by atoms with Crippen LogP contribution in [-0.2, 0) is 4.79 Å². The largest absolute Gasteiger partial charge is 0.339 e. The molecular weight excluding hydrogens is 241 g/mol. The van der Waals surface area contributed by atoms with Crippen molar-refractivity contribution < 1.29 is 9.18 Å². The second-order valence-corrected chi connectivity index (χ2v) is 4.45. The van der Waals surface area contributed by atoms with Gasteiger partial charge < -0.3 is 4.90 Å². The summed E-state index contributed by atoms with van der Waals surface area (Å²) in [6.07, 6.45) is 5.31. The molecule has 4 heteroatoms. The highest BCUT2D eigenvalue weighted by Crippen LogP contribution is 2.17. The van der Waals surface area contributed by atoms with Gasteiger partial charge in [0.1, 0.15) is 5.82 Å². The molecule has 1 amide bonds. The summed E-state index contributed by atoms with van der Waals surface area (Å²) >= 11 is 5.65. The Bertz CT molecular complexity index is 453. The fourth-order valence-corrected chi connectivity index (χ4v) is 2.02. The normalized spacial score (nSPS) is 15.8. The highest BCUT2D eigenvalue weighted by Gasteiger charge is 2.14. The number of halogens is 2. The van der Waals surface area contributed by atoms with Crippen LogP contribution in [0.5, 0.6) is 0 Å². The fourth-order valence-electron chi connectivity index (χ4n) is 1.83. The maximum atomic E-state index is 12.9. The van der Waals surface area contributed by atoms with E-state index < -0.39 is 5.82 Å². The van der Waals surface area contributed by atoms with Crippen molar-refractivity contribution in [3.05, 3.63) is 40.7 Å². The van der Waals surface area contributed by atoms with E-state index in [2.05, 4.69) is 0 Å². The van der Waals surface area contributed by atoms with Gasteiger partial charge in [0.2, 0.25) is 5.91 Å². The van der Waals surface area contributed by atoms with Crippen molar-refractivity contribution in [1.29, 1.82) is 0 Å². The summed E-state index contributed by atoms with van der Waals surface area (Å²) < 4.78 is 12.9. The molecule has 2 nitrogen and oxygen atoms in total. The zero-order valence-corrected chi connectivity index (χ0v) is 10.1. The third kappa shape index (κ3) is 3.07. The Labute approximate surface area is 105 Å². The number of hydrogen-bond acceptors (Lipinski definition) is 1. The minimum absolute atomic E-state index is 0.00273. The molecule has 1 saturated heterocycles. The van der Waals surface area contributed by atoms with Crippen molar-refractivity contribution in [2.75, 3.05) is 13.1 Å². The first-order chi connectivity index (χ1) is 8.16. The lowest BCUT2D eigenvalue weighted by molar-refractivity contribution is -0.124. The number of amides is 1. The molecule has 1 heterocycles. The molecule has 0 saturated carbocycles. The first-order valence-corrected chi connectivity index (χ1v) is 5.96. The van der Waals surface area contributed by atoms with E-state index in [0.717, 1.165) is 31.5 Å². The quantitative estimate of drug-likeness (QED) is 0.742. The second-order valence-electron chi connectivity index (χ2n) is 4.04. The van der Waals surface area contributed by atoms with Gasteiger partial charge in [0.15, 0.2) is 0 Å². The van der Waals surface area contributed by atoms with Crippen molar-refractivity contribution in [3.8, 4) is 0 Å². The molecule has 1 aliphatic rings. The third-order valence-corrected chi connectivity index (χ3v) is 3.07. The molecule has 1 aliphatic heterocycles. The Balaban J connectivity index is 2.04. The van der Waals surface area contributed by atoms with Gasteiger partial charge in [-0.3, -0.25) is 4.79 Å². The molecule has 17 heavy (non-hydrogen) atoms. The average Bonchev–Trinajstić information content (AvgIpc) is 2.84. The highest BCUT2D eigenvalue weighted by molar-refractivity contribution is 6.30. The molecule has 0 bridgehead atoms. The van der Waals surface area contributed by atoms with Crippen LogP contribution in [0.1, 0.15) is 18.4 Å².